The lowest BCUT2D eigenvalue weighted by Gasteiger charge is -2.27. The van der Waals surface area contributed by atoms with Gasteiger partial charge in [0.25, 0.3) is 12.3 Å². The topological polar surface area (TPSA) is 90.3 Å². The van der Waals surface area contributed by atoms with Gasteiger partial charge in [-0.3, -0.25) is 9.36 Å². The van der Waals surface area contributed by atoms with Gasteiger partial charge in [-0.2, -0.15) is 10.2 Å². The average Bonchev–Trinajstić information content (AvgIpc) is 3.14. The Kier molecular flexibility index (Phi) is 4.01. The summed E-state index contributed by atoms with van der Waals surface area (Å²) in [6.45, 7) is 3.42. The maximum Gasteiger partial charge on any atom is 0.346 e. The number of alkyl halides is 2. The summed E-state index contributed by atoms with van der Waals surface area (Å²) in [5.74, 6) is 0.0269. The van der Waals surface area contributed by atoms with Crippen LogP contribution in [0.25, 0.3) is 5.65 Å². The highest BCUT2D eigenvalue weighted by Crippen LogP contribution is 2.16. The first-order valence-electron chi connectivity index (χ1n) is 8.41. The zero-order chi connectivity index (χ0) is 19.3. The van der Waals surface area contributed by atoms with Crippen molar-refractivity contribution >= 4 is 11.6 Å². The molecular weight excluding hydrogens is 360 g/mol. The number of carbonyl (C=O) groups is 1. The minimum atomic E-state index is -2.67. The van der Waals surface area contributed by atoms with Crippen LogP contribution in [0.2, 0.25) is 0 Å². The van der Waals surface area contributed by atoms with Gasteiger partial charge < -0.3 is 4.90 Å². The van der Waals surface area contributed by atoms with E-state index in [1.165, 1.54) is 15.7 Å². The van der Waals surface area contributed by atoms with E-state index in [-0.39, 0.29) is 25.5 Å². The van der Waals surface area contributed by atoms with Crippen LogP contribution in [0, 0.1) is 13.8 Å². The first-order chi connectivity index (χ1) is 12.8. The van der Waals surface area contributed by atoms with Gasteiger partial charge in [-0.05, 0) is 13.8 Å². The lowest BCUT2D eigenvalue weighted by atomic mass is 10.2. The molecule has 4 rings (SSSR count). The van der Waals surface area contributed by atoms with Crippen LogP contribution in [-0.2, 0) is 19.6 Å². The van der Waals surface area contributed by atoms with Crippen LogP contribution in [0.5, 0.6) is 0 Å². The predicted molar refractivity (Wildman–Crippen MR) is 89.7 cm³/mol. The van der Waals surface area contributed by atoms with Crippen LogP contribution in [0.4, 0.5) is 8.78 Å². The average molecular weight is 377 g/mol. The standard InChI is InChI=1S/C16H17F2N7O2/c1-9-5-13-19-6-11(10(2)25(13)20-9)15(26)22-3-4-23-14(8-22)21-24(16(23)27)7-12(17)18/h5-6,12H,3-4,7-8H2,1-2H3. The highest BCUT2D eigenvalue weighted by Gasteiger charge is 2.28. The van der Waals surface area contributed by atoms with Gasteiger partial charge in [0.15, 0.2) is 11.5 Å². The summed E-state index contributed by atoms with van der Waals surface area (Å²) in [5, 5.41) is 8.28. The maximum atomic E-state index is 13.0. The van der Waals surface area contributed by atoms with Crippen LogP contribution in [-0.4, -0.2) is 52.7 Å². The number of nitrogens with zero attached hydrogens (tertiary/aromatic N) is 7. The molecule has 0 fully saturated rings. The summed E-state index contributed by atoms with van der Waals surface area (Å²) in [4.78, 5) is 30.9. The van der Waals surface area contributed by atoms with Crippen LogP contribution in [0.3, 0.4) is 0 Å². The first-order valence-corrected chi connectivity index (χ1v) is 8.41. The van der Waals surface area contributed by atoms with E-state index in [0.29, 0.717) is 22.7 Å². The Morgan fingerprint density at radius 2 is 2.04 bits per heavy atom. The summed E-state index contributed by atoms with van der Waals surface area (Å²) in [6, 6.07) is 1.82. The molecule has 0 bridgehead atoms. The maximum absolute atomic E-state index is 13.0. The van der Waals surface area contributed by atoms with Gasteiger partial charge in [0.2, 0.25) is 0 Å². The van der Waals surface area contributed by atoms with Gasteiger partial charge in [-0.1, -0.05) is 0 Å². The van der Waals surface area contributed by atoms with Crippen LogP contribution >= 0.6 is 0 Å². The Bertz CT molecular complexity index is 1100. The summed E-state index contributed by atoms with van der Waals surface area (Å²) < 4.78 is 28.8. The quantitative estimate of drug-likeness (QED) is 0.668. The summed E-state index contributed by atoms with van der Waals surface area (Å²) >= 11 is 0. The number of halogens is 2. The van der Waals surface area contributed by atoms with Crippen molar-refractivity contribution in [1.82, 2.24) is 33.8 Å². The number of amides is 1. The molecule has 1 aliphatic heterocycles. The molecule has 0 atom stereocenters. The number of fused-ring (bicyclic) bond motifs is 2. The molecule has 9 nitrogen and oxygen atoms in total. The van der Waals surface area contributed by atoms with E-state index in [1.54, 1.807) is 11.4 Å². The van der Waals surface area contributed by atoms with E-state index in [9.17, 15) is 18.4 Å². The molecule has 0 spiro atoms. The molecule has 27 heavy (non-hydrogen) atoms. The van der Waals surface area contributed by atoms with Crippen molar-refractivity contribution in [3.05, 3.63) is 45.5 Å². The number of hydrogen-bond acceptors (Lipinski definition) is 5. The molecule has 0 aromatic carbocycles. The Morgan fingerprint density at radius 1 is 1.26 bits per heavy atom. The zero-order valence-corrected chi connectivity index (χ0v) is 14.8. The smallest absolute Gasteiger partial charge is 0.329 e. The van der Waals surface area contributed by atoms with Gasteiger partial charge in [-0.25, -0.2) is 27.8 Å². The fourth-order valence-corrected chi connectivity index (χ4v) is 3.26. The van der Waals surface area contributed by atoms with E-state index >= 15 is 0 Å². The number of aromatic nitrogens is 6. The van der Waals surface area contributed by atoms with Crippen molar-refractivity contribution in [1.29, 1.82) is 0 Å². The van der Waals surface area contributed by atoms with Gasteiger partial charge in [0.05, 0.1) is 23.5 Å². The third-order valence-electron chi connectivity index (χ3n) is 4.60. The molecule has 0 saturated heterocycles. The second-order valence-electron chi connectivity index (χ2n) is 6.46. The fraction of sp³-hybridized carbons (Fsp3) is 0.438. The van der Waals surface area contributed by atoms with Crippen LogP contribution in [0.15, 0.2) is 17.1 Å². The molecule has 1 amide bonds. The van der Waals surface area contributed by atoms with Gasteiger partial charge >= 0.3 is 5.69 Å². The molecule has 142 valence electrons. The van der Waals surface area contributed by atoms with Gasteiger partial charge in [0, 0.05) is 25.4 Å². The van der Waals surface area contributed by atoms with E-state index in [0.717, 1.165) is 10.4 Å². The molecule has 11 heteroatoms. The van der Waals surface area contributed by atoms with Crippen molar-refractivity contribution in [3.8, 4) is 0 Å². The Balaban J connectivity index is 1.63. The largest absolute Gasteiger partial charge is 0.346 e. The summed E-state index contributed by atoms with van der Waals surface area (Å²) in [6.07, 6.45) is -1.17. The van der Waals surface area contributed by atoms with E-state index < -0.39 is 18.7 Å². The van der Waals surface area contributed by atoms with Crippen molar-refractivity contribution in [2.24, 2.45) is 0 Å². The molecule has 4 heterocycles. The molecule has 0 unspecified atom stereocenters. The normalized spacial score (nSPS) is 14.2. The number of aryl methyl sites for hydroxylation is 2. The van der Waals surface area contributed by atoms with E-state index in [4.69, 9.17) is 0 Å². The van der Waals surface area contributed by atoms with E-state index in [1.807, 2.05) is 13.0 Å². The molecule has 0 N–H and O–H groups in total. The Labute approximate surface area is 151 Å². The minimum Gasteiger partial charge on any atom is -0.329 e. The summed E-state index contributed by atoms with van der Waals surface area (Å²) in [5.41, 5.74) is 1.92. The van der Waals surface area contributed by atoms with Crippen molar-refractivity contribution in [3.63, 3.8) is 0 Å². The molecule has 3 aromatic rings. The number of carbonyl (C=O) groups excluding carboxylic acids is 1. The molecule has 3 aromatic heterocycles. The van der Waals surface area contributed by atoms with Crippen molar-refractivity contribution in [2.75, 3.05) is 6.54 Å². The second-order valence-corrected chi connectivity index (χ2v) is 6.46. The Hall–Kier alpha value is -3.11. The third kappa shape index (κ3) is 2.88. The Morgan fingerprint density at radius 3 is 2.78 bits per heavy atom. The fourth-order valence-electron chi connectivity index (χ4n) is 3.26. The zero-order valence-electron chi connectivity index (χ0n) is 14.8. The minimum absolute atomic E-state index is 0.0694. The monoisotopic (exact) mass is 377 g/mol. The number of hydrogen-bond donors (Lipinski definition) is 0. The lowest BCUT2D eigenvalue weighted by molar-refractivity contribution is 0.0704. The number of rotatable bonds is 3. The van der Waals surface area contributed by atoms with Crippen LogP contribution < -0.4 is 5.69 Å². The molecule has 0 radical (unpaired) electrons. The molecule has 0 saturated carbocycles. The van der Waals surface area contributed by atoms with Crippen molar-refractivity contribution < 1.29 is 13.6 Å². The van der Waals surface area contributed by atoms with Gasteiger partial charge in [0.1, 0.15) is 6.54 Å². The summed E-state index contributed by atoms with van der Waals surface area (Å²) in [7, 11) is 0. The third-order valence-corrected chi connectivity index (χ3v) is 4.60. The highest BCUT2D eigenvalue weighted by molar-refractivity contribution is 5.95. The molecular formula is C16H17F2N7O2. The van der Waals surface area contributed by atoms with Crippen LogP contribution in [0.1, 0.15) is 27.6 Å². The van der Waals surface area contributed by atoms with Crippen molar-refractivity contribution in [2.45, 2.75) is 39.9 Å². The highest BCUT2D eigenvalue weighted by atomic mass is 19.3. The lowest BCUT2D eigenvalue weighted by Crippen LogP contribution is -2.41. The molecule has 0 aliphatic carbocycles. The first kappa shape index (κ1) is 17.3. The SMILES string of the molecule is Cc1cc2ncc(C(=O)N3CCn4c(nn(CC(F)F)c4=O)C3)c(C)n2n1. The predicted octanol–water partition coefficient (Wildman–Crippen LogP) is 0.625. The second kappa shape index (κ2) is 6.25. The van der Waals surface area contributed by atoms with E-state index in [2.05, 4.69) is 15.2 Å². The molecule has 1 aliphatic rings. The van der Waals surface area contributed by atoms with Gasteiger partial charge in [-0.15, -0.1) is 0 Å².